The summed E-state index contributed by atoms with van der Waals surface area (Å²) in [4.78, 5) is 24.5. The van der Waals surface area contributed by atoms with Crippen LogP contribution in [0.1, 0.15) is 22.3 Å². The van der Waals surface area contributed by atoms with Crippen LogP contribution in [0.5, 0.6) is 5.75 Å². The fourth-order valence-electron chi connectivity index (χ4n) is 3.15. The van der Waals surface area contributed by atoms with Gasteiger partial charge in [-0.15, -0.1) is 0 Å². The van der Waals surface area contributed by atoms with E-state index in [-0.39, 0.29) is 24.9 Å². The van der Waals surface area contributed by atoms with Gasteiger partial charge in [-0.3, -0.25) is 4.79 Å². The van der Waals surface area contributed by atoms with Crippen molar-refractivity contribution in [2.24, 2.45) is 5.92 Å². The summed E-state index contributed by atoms with van der Waals surface area (Å²) >= 11 is 6.05. The molecule has 7 nitrogen and oxygen atoms in total. The molecular formula is C16H19ClN2O5. The molecule has 0 aliphatic carbocycles. The van der Waals surface area contributed by atoms with E-state index in [4.69, 9.17) is 21.4 Å². The smallest absolute Gasteiger partial charge is 0.407 e. The van der Waals surface area contributed by atoms with Crippen LogP contribution in [0.15, 0.2) is 12.1 Å². The lowest BCUT2D eigenvalue weighted by Gasteiger charge is -2.34. The van der Waals surface area contributed by atoms with E-state index in [2.05, 4.69) is 5.32 Å². The highest BCUT2D eigenvalue weighted by Crippen LogP contribution is 2.32. The zero-order valence-electron chi connectivity index (χ0n) is 13.0. The Balaban J connectivity index is 1.62. The first kappa shape index (κ1) is 16.9. The van der Waals surface area contributed by atoms with Crippen LogP contribution in [0.2, 0.25) is 5.02 Å². The molecule has 2 atom stereocenters. The number of nitrogens with zero attached hydrogens (tertiary/aromatic N) is 1. The predicted octanol–water partition coefficient (Wildman–Crippen LogP) is 1.37. The minimum absolute atomic E-state index is 0.0611. The number of piperidine rings is 1. The van der Waals surface area contributed by atoms with Crippen LogP contribution in [0.4, 0.5) is 4.79 Å². The van der Waals surface area contributed by atoms with Gasteiger partial charge in [0, 0.05) is 30.5 Å². The van der Waals surface area contributed by atoms with Gasteiger partial charge in [-0.05, 0) is 24.1 Å². The van der Waals surface area contributed by atoms with E-state index < -0.39 is 12.2 Å². The average molecular weight is 355 g/mol. The SMILES string of the molecule is O=C(NC[C@H]1CCN(C(=O)O)C[C@H]1O)c1cc(Cl)cc2c1OCC2. The van der Waals surface area contributed by atoms with Gasteiger partial charge in [-0.1, -0.05) is 11.6 Å². The molecule has 1 aromatic rings. The number of carboxylic acid groups (broad SMARTS) is 1. The van der Waals surface area contributed by atoms with Gasteiger partial charge in [0.25, 0.3) is 5.91 Å². The third-order valence-corrected chi connectivity index (χ3v) is 4.73. The van der Waals surface area contributed by atoms with Gasteiger partial charge in [-0.2, -0.15) is 0 Å². The largest absolute Gasteiger partial charge is 0.492 e. The zero-order chi connectivity index (χ0) is 17.3. The Morgan fingerprint density at radius 2 is 2.21 bits per heavy atom. The van der Waals surface area contributed by atoms with Gasteiger partial charge in [0.05, 0.1) is 24.8 Å². The molecule has 0 radical (unpaired) electrons. The van der Waals surface area contributed by atoms with Gasteiger partial charge >= 0.3 is 6.09 Å². The number of fused-ring (bicyclic) bond motifs is 1. The molecule has 1 aromatic carbocycles. The van der Waals surface area contributed by atoms with Crippen LogP contribution in [0.25, 0.3) is 0 Å². The number of β-amino-alcohol motifs (C(OH)–C–C–N with tert-alkyl or cyclic N) is 1. The summed E-state index contributed by atoms with van der Waals surface area (Å²) in [7, 11) is 0. The topological polar surface area (TPSA) is 99.1 Å². The standard InChI is InChI=1S/C16H19ClN2O5/c17-11-5-9-2-4-24-14(9)12(6-11)15(21)18-7-10-1-3-19(16(22)23)8-13(10)20/h5-6,10,13,20H,1-4,7-8H2,(H,18,21)(H,22,23)/t10-,13-/m1/s1. The third kappa shape index (κ3) is 3.42. The van der Waals surface area contributed by atoms with Gasteiger partial charge in [0.15, 0.2) is 0 Å². The number of benzene rings is 1. The van der Waals surface area contributed by atoms with Crippen molar-refractivity contribution in [1.82, 2.24) is 10.2 Å². The molecule has 2 heterocycles. The van der Waals surface area contributed by atoms with Crippen molar-refractivity contribution in [2.75, 3.05) is 26.2 Å². The number of amides is 2. The molecule has 1 fully saturated rings. The van der Waals surface area contributed by atoms with E-state index in [0.717, 1.165) is 12.0 Å². The number of aliphatic hydroxyl groups is 1. The third-order valence-electron chi connectivity index (χ3n) is 4.51. The number of likely N-dealkylation sites (tertiary alicyclic amines) is 1. The quantitative estimate of drug-likeness (QED) is 0.761. The number of ether oxygens (including phenoxy) is 1. The molecular weight excluding hydrogens is 336 g/mol. The molecule has 130 valence electrons. The number of aliphatic hydroxyl groups excluding tert-OH is 1. The molecule has 3 rings (SSSR count). The number of rotatable bonds is 3. The molecule has 2 aliphatic rings. The van der Waals surface area contributed by atoms with Crippen molar-refractivity contribution < 1.29 is 24.5 Å². The van der Waals surface area contributed by atoms with E-state index in [1.807, 2.05) is 0 Å². The van der Waals surface area contributed by atoms with E-state index >= 15 is 0 Å². The van der Waals surface area contributed by atoms with Gasteiger partial charge in [-0.25, -0.2) is 4.79 Å². The second-order valence-electron chi connectivity index (χ2n) is 6.09. The number of nitrogens with one attached hydrogen (secondary N) is 1. The van der Waals surface area contributed by atoms with Crippen LogP contribution in [0.3, 0.4) is 0 Å². The second-order valence-corrected chi connectivity index (χ2v) is 6.53. The first-order chi connectivity index (χ1) is 11.5. The fraction of sp³-hybridized carbons (Fsp3) is 0.500. The number of hydrogen-bond acceptors (Lipinski definition) is 4. The normalized spacial score (nSPS) is 22.7. The van der Waals surface area contributed by atoms with E-state index in [1.54, 1.807) is 12.1 Å². The van der Waals surface area contributed by atoms with Crippen LogP contribution in [-0.4, -0.2) is 59.5 Å². The zero-order valence-corrected chi connectivity index (χ0v) is 13.8. The molecule has 8 heteroatoms. The van der Waals surface area contributed by atoms with Crippen molar-refractivity contribution in [3.63, 3.8) is 0 Å². The summed E-state index contributed by atoms with van der Waals surface area (Å²) in [5.41, 5.74) is 1.31. The lowest BCUT2D eigenvalue weighted by Crippen LogP contribution is -2.49. The number of halogens is 1. The molecule has 3 N–H and O–H groups in total. The number of carbonyl (C=O) groups is 2. The maximum Gasteiger partial charge on any atom is 0.407 e. The Morgan fingerprint density at radius 3 is 2.92 bits per heavy atom. The Kier molecular flexibility index (Phi) is 4.82. The number of hydrogen-bond donors (Lipinski definition) is 3. The van der Waals surface area contributed by atoms with Crippen LogP contribution in [-0.2, 0) is 6.42 Å². The summed E-state index contributed by atoms with van der Waals surface area (Å²) in [5.74, 6) is 0.0827. The van der Waals surface area contributed by atoms with Gasteiger partial charge in [0.2, 0.25) is 0 Å². The molecule has 24 heavy (non-hydrogen) atoms. The lowest BCUT2D eigenvalue weighted by atomic mass is 9.94. The average Bonchev–Trinajstić information content (AvgIpc) is 3.00. The molecule has 1 saturated heterocycles. The van der Waals surface area contributed by atoms with Crippen LogP contribution < -0.4 is 10.1 Å². The van der Waals surface area contributed by atoms with Crippen LogP contribution in [0, 0.1) is 5.92 Å². The highest BCUT2D eigenvalue weighted by molar-refractivity contribution is 6.31. The summed E-state index contributed by atoms with van der Waals surface area (Å²) in [6.07, 6.45) is -0.611. The molecule has 0 unspecified atom stereocenters. The van der Waals surface area contributed by atoms with Crippen molar-refractivity contribution in [3.8, 4) is 5.75 Å². The van der Waals surface area contributed by atoms with Gasteiger partial charge in [0.1, 0.15) is 5.75 Å². The van der Waals surface area contributed by atoms with Crippen molar-refractivity contribution >= 4 is 23.6 Å². The van der Waals surface area contributed by atoms with Gasteiger partial charge < -0.3 is 25.2 Å². The molecule has 2 aliphatic heterocycles. The summed E-state index contributed by atoms with van der Waals surface area (Å²) in [6.45, 7) is 1.21. The van der Waals surface area contributed by atoms with Crippen molar-refractivity contribution in [1.29, 1.82) is 0 Å². The maximum absolute atomic E-state index is 12.4. The maximum atomic E-state index is 12.4. The summed E-state index contributed by atoms with van der Waals surface area (Å²) in [5, 5.41) is 22.3. The minimum atomic E-state index is -1.04. The monoisotopic (exact) mass is 354 g/mol. The summed E-state index contributed by atoms with van der Waals surface area (Å²) in [6, 6.07) is 3.37. The van der Waals surface area contributed by atoms with E-state index in [9.17, 15) is 14.7 Å². The van der Waals surface area contributed by atoms with Crippen molar-refractivity contribution in [2.45, 2.75) is 18.9 Å². The first-order valence-corrected chi connectivity index (χ1v) is 8.23. The lowest BCUT2D eigenvalue weighted by molar-refractivity contribution is 0.0248. The Bertz CT molecular complexity index is 666. The van der Waals surface area contributed by atoms with Crippen LogP contribution >= 0.6 is 11.6 Å². The Hall–Kier alpha value is -1.99. The fourth-order valence-corrected chi connectivity index (χ4v) is 3.39. The Morgan fingerprint density at radius 1 is 1.42 bits per heavy atom. The number of carbonyl (C=O) groups excluding carboxylic acids is 1. The first-order valence-electron chi connectivity index (χ1n) is 7.85. The highest BCUT2D eigenvalue weighted by Gasteiger charge is 2.30. The minimum Gasteiger partial charge on any atom is -0.492 e. The molecule has 0 spiro atoms. The Labute approximate surface area is 144 Å². The molecule has 0 saturated carbocycles. The molecule has 2 amide bonds. The summed E-state index contributed by atoms with van der Waals surface area (Å²) < 4.78 is 5.52. The predicted molar refractivity (Wildman–Crippen MR) is 86.7 cm³/mol. The highest BCUT2D eigenvalue weighted by atomic mass is 35.5. The van der Waals surface area contributed by atoms with E-state index in [1.165, 1.54) is 4.90 Å². The molecule has 0 aromatic heterocycles. The second kappa shape index (κ2) is 6.86. The van der Waals surface area contributed by atoms with E-state index in [0.29, 0.717) is 35.9 Å². The van der Waals surface area contributed by atoms with Crippen molar-refractivity contribution in [3.05, 3.63) is 28.3 Å². The molecule has 0 bridgehead atoms.